The predicted molar refractivity (Wildman–Crippen MR) is 58.8 cm³/mol. The van der Waals surface area contributed by atoms with Crippen molar-refractivity contribution in [2.75, 3.05) is 13.1 Å². The van der Waals surface area contributed by atoms with E-state index in [4.69, 9.17) is 0 Å². The summed E-state index contributed by atoms with van der Waals surface area (Å²) in [6.45, 7) is 13.0. The highest BCUT2D eigenvalue weighted by atomic mass is 15.3. The van der Waals surface area contributed by atoms with Crippen LogP contribution in [0.1, 0.15) is 33.6 Å². The van der Waals surface area contributed by atoms with Crippen LogP contribution in [-0.2, 0) is 0 Å². The van der Waals surface area contributed by atoms with Crippen LogP contribution in [0.4, 0.5) is 0 Å². The number of rotatable bonds is 5. The van der Waals surface area contributed by atoms with Gasteiger partial charge in [-0.15, -0.1) is 6.58 Å². The Morgan fingerprint density at radius 2 is 2.08 bits per heavy atom. The van der Waals surface area contributed by atoms with E-state index in [1.165, 1.54) is 31.5 Å². The molecule has 0 spiro atoms. The summed E-state index contributed by atoms with van der Waals surface area (Å²) in [6.07, 6.45) is 6.77. The van der Waals surface area contributed by atoms with Crippen LogP contribution >= 0.6 is 0 Å². The maximum atomic E-state index is 3.93. The van der Waals surface area contributed by atoms with E-state index in [-0.39, 0.29) is 5.54 Å². The predicted octanol–water partition coefficient (Wildman–Crippen LogP) is 2.99. The Morgan fingerprint density at radius 1 is 1.46 bits per heavy atom. The van der Waals surface area contributed by atoms with Crippen LogP contribution in [0.15, 0.2) is 24.3 Å². The molecular formula is C12H21N. The highest BCUT2D eigenvalue weighted by Gasteiger charge is 2.34. The summed E-state index contributed by atoms with van der Waals surface area (Å²) in [5, 5.41) is 0. The molecule has 1 fully saturated rings. The van der Waals surface area contributed by atoms with Crippen molar-refractivity contribution in [1.82, 2.24) is 4.90 Å². The third kappa shape index (κ3) is 3.00. The second kappa shape index (κ2) is 4.10. The Balaban J connectivity index is 2.39. The summed E-state index contributed by atoms with van der Waals surface area (Å²) < 4.78 is 0. The molecule has 1 aliphatic heterocycles. The Labute approximate surface area is 82.1 Å². The zero-order chi connectivity index (χ0) is 9.90. The van der Waals surface area contributed by atoms with E-state index in [1.54, 1.807) is 0 Å². The molecule has 1 nitrogen and oxygen atoms in total. The number of hydrogen-bond donors (Lipinski definition) is 0. The monoisotopic (exact) mass is 179 g/mol. The average Bonchev–Trinajstić information content (AvgIpc) is 2.85. The first-order valence-electron chi connectivity index (χ1n) is 5.10. The van der Waals surface area contributed by atoms with Gasteiger partial charge in [0.25, 0.3) is 0 Å². The van der Waals surface area contributed by atoms with Crippen LogP contribution < -0.4 is 0 Å². The molecule has 1 saturated heterocycles. The molecule has 0 aliphatic carbocycles. The van der Waals surface area contributed by atoms with Crippen LogP contribution in [0.25, 0.3) is 0 Å². The Hall–Kier alpha value is -0.560. The van der Waals surface area contributed by atoms with Crippen molar-refractivity contribution in [3.05, 3.63) is 24.3 Å². The number of hydrogen-bond acceptors (Lipinski definition) is 1. The molecule has 0 aromatic carbocycles. The second-order valence-corrected chi connectivity index (χ2v) is 4.37. The van der Waals surface area contributed by atoms with Crippen molar-refractivity contribution < 1.29 is 0 Å². The van der Waals surface area contributed by atoms with Gasteiger partial charge in [0.1, 0.15) is 0 Å². The normalized spacial score (nSPS) is 20.5. The van der Waals surface area contributed by atoms with Gasteiger partial charge in [0, 0.05) is 18.6 Å². The molecule has 1 atom stereocenters. The maximum absolute atomic E-state index is 3.93. The molecule has 1 rings (SSSR count). The van der Waals surface area contributed by atoms with E-state index in [2.05, 4.69) is 44.4 Å². The van der Waals surface area contributed by atoms with Gasteiger partial charge in [-0.3, -0.25) is 4.90 Å². The smallest absolute Gasteiger partial charge is 0.0364 e. The Kier molecular flexibility index (Phi) is 3.32. The molecule has 0 amide bonds. The SMILES string of the molecule is C=CC(C)(CCC=C(C)C)N1CC1. The minimum Gasteiger partial charge on any atom is -0.292 e. The quantitative estimate of drug-likeness (QED) is 0.463. The van der Waals surface area contributed by atoms with Crippen molar-refractivity contribution in [2.45, 2.75) is 39.2 Å². The first-order chi connectivity index (χ1) is 6.08. The Morgan fingerprint density at radius 3 is 2.46 bits per heavy atom. The molecule has 1 heterocycles. The van der Waals surface area contributed by atoms with Gasteiger partial charge in [0.15, 0.2) is 0 Å². The first kappa shape index (κ1) is 10.5. The number of allylic oxidation sites excluding steroid dienone is 2. The summed E-state index contributed by atoms with van der Waals surface area (Å²) in [7, 11) is 0. The summed E-state index contributed by atoms with van der Waals surface area (Å²) in [6, 6.07) is 0. The molecule has 13 heavy (non-hydrogen) atoms. The molecule has 0 saturated carbocycles. The van der Waals surface area contributed by atoms with Crippen molar-refractivity contribution >= 4 is 0 Å². The fraction of sp³-hybridized carbons (Fsp3) is 0.667. The third-order valence-electron chi connectivity index (χ3n) is 2.81. The molecule has 1 unspecified atom stereocenters. The van der Waals surface area contributed by atoms with Crippen LogP contribution in [0.3, 0.4) is 0 Å². The maximum Gasteiger partial charge on any atom is 0.0364 e. The van der Waals surface area contributed by atoms with Gasteiger partial charge in [0.2, 0.25) is 0 Å². The molecular weight excluding hydrogens is 158 g/mol. The van der Waals surface area contributed by atoms with Crippen molar-refractivity contribution in [3.63, 3.8) is 0 Å². The van der Waals surface area contributed by atoms with Crippen LogP contribution in [-0.4, -0.2) is 23.5 Å². The molecule has 0 N–H and O–H groups in total. The summed E-state index contributed by atoms with van der Waals surface area (Å²) in [4.78, 5) is 2.47. The fourth-order valence-electron chi connectivity index (χ4n) is 1.60. The molecule has 1 aliphatic rings. The topological polar surface area (TPSA) is 3.01 Å². The zero-order valence-corrected chi connectivity index (χ0v) is 9.14. The minimum atomic E-state index is 0.242. The molecule has 1 heteroatoms. The lowest BCUT2D eigenvalue weighted by Crippen LogP contribution is -2.31. The highest BCUT2D eigenvalue weighted by molar-refractivity contribution is 5.07. The first-order valence-corrected chi connectivity index (χ1v) is 5.10. The number of nitrogens with zero attached hydrogens (tertiary/aromatic N) is 1. The highest BCUT2D eigenvalue weighted by Crippen LogP contribution is 2.28. The van der Waals surface area contributed by atoms with Crippen molar-refractivity contribution in [2.24, 2.45) is 0 Å². The summed E-state index contributed by atoms with van der Waals surface area (Å²) in [5.74, 6) is 0. The Bertz CT molecular complexity index is 209. The average molecular weight is 179 g/mol. The van der Waals surface area contributed by atoms with Gasteiger partial charge in [0.05, 0.1) is 0 Å². The lowest BCUT2D eigenvalue weighted by Gasteiger charge is -2.26. The lowest BCUT2D eigenvalue weighted by molar-refractivity contribution is 0.304. The molecule has 0 bridgehead atoms. The molecule has 0 aromatic rings. The molecule has 74 valence electrons. The van der Waals surface area contributed by atoms with E-state index in [9.17, 15) is 0 Å². The van der Waals surface area contributed by atoms with E-state index in [0.29, 0.717) is 0 Å². The second-order valence-electron chi connectivity index (χ2n) is 4.37. The zero-order valence-electron chi connectivity index (χ0n) is 9.14. The van der Waals surface area contributed by atoms with E-state index < -0.39 is 0 Å². The minimum absolute atomic E-state index is 0.242. The summed E-state index contributed by atoms with van der Waals surface area (Å²) in [5.41, 5.74) is 1.66. The lowest BCUT2D eigenvalue weighted by atomic mass is 9.95. The largest absolute Gasteiger partial charge is 0.292 e. The van der Waals surface area contributed by atoms with Crippen molar-refractivity contribution in [1.29, 1.82) is 0 Å². The third-order valence-corrected chi connectivity index (χ3v) is 2.81. The van der Waals surface area contributed by atoms with Crippen LogP contribution in [0.2, 0.25) is 0 Å². The molecule has 0 radical (unpaired) electrons. The van der Waals surface area contributed by atoms with Gasteiger partial charge in [-0.25, -0.2) is 0 Å². The fourth-order valence-corrected chi connectivity index (χ4v) is 1.60. The van der Waals surface area contributed by atoms with Gasteiger partial charge < -0.3 is 0 Å². The standard InChI is InChI=1S/C12H21N/c1-5-12(4,13-9-10-13)8-6-7-11(2)3/h5,7H,1,6,8-10H2,2-4H3. The van der Waals surface area contributed by atoms with Gasteiger partial charge in [-0.1, -0.05) is 17.7 Å². The van der Waals surface area contributed by atoms with Crippen LogP contribution in [0, 0.1) is 0 Å². The van der Waals surface area contributed by atoms with Crippen LogP contribution in [0.5, 0.6) is 0 Å². The van der Waals surface area contributed by atoms with E-state index in [0.717, 1.165) is 0 Å². The molecule has 0 aromatic heterocycles. The van der Waals surface area contributed by atoms with Gasteiger partial charge in [-0.2, -0.15) is 0 Å². The van der Waals surface area contributed by atoms with Crippen molar-refractivity contribution in [3.8, 4) is 0 Å². The van der Waals surface area contributed by atoms with Gasteiger partial charge in [-0.05, 0) is 33.6 Å². The van der Waals surface area contributed by atoms with E-state index in [1.807, 2.05) is 0 Å². The van der Waals surface area contributed by atoms with E-state index >= 15 is 0 Å². The summed E-state index contributed by atoms with van der Waals surface area (Å²) >= 11 is 0. The van der Waals surface area contributed by atoms with Gasteiger partial charge >= 0.3 is 0 Å².